The van der Waals surface area contributed by atoms with Gasteiger partial charge in [-0.1, -0.05) is 6.92 Å². The Hall–Kier alpha value is -0.770. The Morgan fingerprint density at radius 3 is 2.50 bits per heavy atom. The number of rotatable bonds is 2. The van der Waals surface area contributed by atoms with Crippen molar-refractivity contribution in [3.8, 4) is 0 Å². The van der Waals surface area contributed by atoms with Crippen molar-refractivity contribution in [1.29, 1.82) is 0 Å². The molecule has 0 bridgehead atoms. The maximum Gasteiger partial charge on any atom is 0.135 e. The van der Waals surface area contributed by atoms with Gasteiger partial charge in [0.05, 0.1) is 0 Å². The minimum Gasteiger partial charge on any atom is -0.322 e. The van der Waals surface area contributed by atoms with Gasteiger partial charge in [-0.2, -0.15) is 5.10 Å². The maximum atomic E-state index is 5.01. The lowest BCUT2D eigenvalue weighted by atomic mass is 10.3. The average Bonchev–Trinajstić information content (AvgIpc) is 1.83. The van der Waals surface area contributed by atoms with E-state index in [0.717, 1.165) is 12.8 Å². The van der Waals surface area contributed by atoms with E-state index in [0.29, 0.717) is 5.84 Å². The van der Waals surface area contributed by atoms with Gasteiger partial charge in [-0.15, -0.1) is 0 Å². The van der Waals surface area contributed by atoms with Gasteiger partial charge >= 0.3 is 0 Å². The molecule has 0 aliphatic heterocycles. The first-order valence-electron chi connectivity index (χ1n) is 2.58. The van der Waals surface area contributed by atoms with Crippen molar-refractivity contribution in [1.82, 2.24) is 5.43 Å². The molecule has 0 saturated heterocycles. The molecule has 4 heteroatoms. The zero-order valence-electron chi connectivity index (χ0n) is 5.02. The quantitative estimate of drug-likeness (QED) is 0.197. The molecule has 0 aliphatic carbocycles. The summed E-state index contributed by atoms with van der Waals surface area (Å²) in [5.41, 5.74) is 2.38. The van der Waals surface area contributed by atoms with Crippen molar-refractivity contribution in [3.05, 3.63) is 0 Å². The molecule has 8 heavy (non-hydrogen) atoms. The molecule has 0 radical (unpaired) electrons. The molecule has 0 aromatic heterocycles. The van der Waals surface area contributed by atoms with Crippen molar-refractivity contribution in [3.63, 3.8) is 0 Å². The minimum atomic E-state index is 0.646. The fourth-order valence-electron chi connectivity index (χ4n) is 0.411. The lowest BCUT2D eigenvalue weighted by Gasteiger charge is -1.98. The lowest BCUT2D eigenvalue weighted by molar-refractivity contribution is 0.894. The molecular formula is C4H12N4. The minimum absolute atomic E-state index is 0.646. The van der Waals surface area contributed by atoms with Crippen LogP contribution >= 0.6 is 0 Å². The van der Waals surface area contributed by atoms with Gasteiger partial charge in [-0.25, -0.2) is 5.84 Å². The van der Waals surface area contributed by atoms with E-state index in [1.165, 1.54) is 0 Å². The summed E-state index contributed by atoms with van der Waals surface area (Å²) >= 11 is 0. The van der Waals surface area contributed by atoms with E-state index in [1.54, 1.807) is 0 Å². The zero-order valence-corrected chi connectivity index (χ0v) is 5.02. The first-order chi connectivity index (χ1) is 3.85. The van der Waals surface area contributed by atoms with Crippen LogP contribution in [-0.2, 0) is 0 Å². The Morgan fingerprint density at radius 1 is 1.75 bits per heavy atom. The third-order valence-corrected chi connectivity index (χ3v) is 0.809. The molecule has 0 spiro atoms. The smallest absolute Gasteiger partial charge is 0.135 e. The monoisotopic (exact) mass is 116 g/mol. The van der Waals surface area contributed by atoms with Gasteiger partial charge in [0, 0.05) is 6.42 Å². The molecule has 4 nitrogen and oxygen atoms in total. The van der Waals surface area contributed by atoms with Crippen LogP contribution in [0, 0.1) is 0 Å². The molecule has 0 fully saturated rings. The SMILES string of the molecule is CCC/C(=N/N)NN. The highest BCUT2D eigenvalue weighted by atomic mass is 15.3. The van der Waals surface area contributed by atoms with Crippen LogP contribution in [0.25, 0.3) is 0 Å². The van der Waals surface area contributed by atoms with E-state index in [2.05, 4.69) is 10.5 Å². The first kappa shape index (κ1) is 7.23. The molecular weight excluding hydrogens is 104 g/mol. The van der Waals surface area contributed by atoms with Crippen LogP contribution in [0.3, 0.4) is 0 Å². The highest BCUT2D eigenvalue weighted by Crippen LogP contribution is 1.84. The largest absolute Gasteiger partial charge is 0.322 e. The second-order valence-corrected chi connectivity index (χ2v) is 1.47. The summed E-state index contributed by atoms with van der Waals surface area (Å²) in [6.45, 7) is 2.03. The van der Waals surface area contributed by atoms with E-state index in [1.807, 2.05) is 6.92 Å². The molecule has 0 rings (SSSR count). The van der Waals surface area contributed by atoms with Gasteiger partial charge in [-0.05, 0) is 6.42 Å². The third-order valence-electron chi connectivity index (χ3n) is 0.809. The molecule has 48 valence electrons. The fourth-order valence-corrected chi connectivity index (χ4v) is 0.411. The van der Waals surface area contributed by atoms with Crippen LogP contribution in [0.2, 0.25) is 0 Å². The Bertz CT molecular complexity index is 78.1. The van der Waals surface area contributed by atoms with Crippen LogP contribution in [0.1, 0.15) is 19.8 Å². The topological polar surface area (TPSA) is 76.4 Å². The lowest BCUT2D eigenvalue weighted by Crippen LogP contribution is -2.30. The summed E-state index contributed by atoms with van der Waals surface area (Å²) in [6.07, 6.45) is 1.81. The summed E-state index contributed by atoms with van der Waals surface area (Å²) in [6, 6.07) is 0. The van der Waals surface area contributed by atoms with Crippen LogP contribution in [-0.4, -0.2) is 5.84 Å². The van der Waals surface area contributed by atoms with Crippen molar-refractivity contribution in [2.24, 2.45) is 16.8 Å². The highest BCUT2D eigenvalue weighted by molar-refractivity contribution is 5.81. The highest BCUT2D eigenvalue weighted by Gasteiger charge is 1.89. The standard InChI is InChI=1S/C4H12N4/c1-2-3-4(7-5)8-6/h2-3,5-6H2,1H3,(H,7,8). The molecule has 5 N–H and O–H groups in total. The molecule has 0 heterocycles. The van der Waals surface area contributed by atoms with Crippen LogP contribution < -0.4 is 17.1 Å². The van der Waals surface area contributed by atoms with Crippen molar-refractivity contribution < 1.29 is 0 Å². The summed E-state index contributed by atoms with van der Waals surface area (Å²) < 4.78 is 0. The Kier molecular flexibility index (Phi) is 3.97. The van der Waals surface area contributed by atoms with Gasteiger partial charge in [0.15, 0.2) is 0 Å². The average molecular weight is 116 g/mol. The second kappa shape index (κ2) is 4.39. The molecule has 0 unspecified atom stereocenters. The van der Waals surface area contributed by atoms with E-state index in [9.17, 15) is 0 Å². The van der Waals surface area contributed by atoms with E-state index < -0.39 is 0 Å². The first-order valence-corrected chi connectivity index (χ1v) is 2.58. The fraction of sp³-hybridized carbons (Fsp3) is 0.750. The molecule has 0 saturated carbocycles. The normalized spacial score (nSPS) is 11.5. The number of nitrogens with two attached hydrogens (primary N) is 2. The zero-order chi connectivity index (χ0) is 6.41. The van der Waals surface area contributed by atoms with Crippen molar-refractivity contribution >= 4 is 5.84 Å². The number of hydrazine groups is 1. The van der Waals surface area contributed by atoms with E-state index in [-0.39, 0.29) is 0 Å². The maximum absolute atomic E-state index is 5.01. The molecule has 0 aromatic rings. The number of nitrogens with zero attached hydrogens (tertiary/aromatic N) is 1. The molecule has 0 aromatic carbocycles. The summed E-state index contributed by atoms with van der Waals surface area (Å²) in [7, 11) is 0. The predicted octanol–water partition coefficient (Wildman–Crippen LogP) is -0.478. The van der Waals surface area contributed by atoms with E-state index >= 15 is 0 Å². The summed E-state index contributed by atoms with van der Waals surface area (Å²) in [5.74, 6) is 10.6. The number of nitrogens with one attached hydrogen (secondary N) is 1. The number of hydrazone groups is 1. The van der Waals surface area contributed by atoms with Gasteiger partial charge in [0.25, 0.3) is 0 Å². The van der Waals surface area contributed by atoms with Crippen molar-refractivity contribution in [2.75, 3.05) is 0 Å². The van der Waals surface area contributed by atoms with Crippen molar-refractivity contribution in [2.45, 2.75) is 19.8 Å². The van der Waals surface area contributed by atoms with E-state index in [4.69, 9.17) is 11.7 Å². The van der Waals surface area contributed by atoms with Gasteiger partial charge in [0.2, 0.25) is 0 Å². The van der Waals surface area contributed by atoms with Crippen LogP contribution in [0.4, 0.5) is 0 Å². The van der Waals surface area contributed by atoms with Crippen LogP contribution in [0.15, 0.2) is 5.10 Å². The molecule has 0 amide bonds. The third kappa shape index (κ3) is 2.41. The number of hydrogen-bond donors (Lipinski definition) is 3. The van der Waals surface area contributed by atoms with Gasteiger partial charge < -0.3 is 11.3 Å². The number of amidine groups is 1. The van der Waals surface area contributed by atoms with Gasteiger partial charge in [0.1, 0.15) is 5.84 Å². The Labute approximate surface area is 48.9 Å². The summed E-state index contributed by atoms with van der Waals surface area (Å²) in [5, 5.41) is 3.38. The summed E-state index contributed by atoms with van der Waals surface area (Å²) in [4.78, 5) is 0. The Balaban J connectivity index is 3.38. The molecule has 0 atom stereocenters. The predicted molar refractivity (Wildman–Crippen MR) is 33.9 cm³/mol. The van der Waals surface area contributed by atoms with Gasteiger partial charge in [-0.3, -0.25) is 0 Å². The molecule has 0 aliphatic rings. The Morgan fingerprint density at radius 2 is 2.38 bits per heavy atom. The second-order valence-electron chi connectivity index (χ2n) is 1.47. The number of hydrogen-bond acceptors (Lipinski definition) is 3. The van der Waals surface area contributed by atoms with Crippen LogP contribution in [0.5, 0.6) is 0 Å².